The second-order valence-electron chi connectivity index (χ2n) is 6.46. The molecule has 1 amide bonds. The molecule has 0 aromatic heterocycles. The van der Waals surface area contributed by atoms with Crippen molar-refractivity contribution in [3.8, 4) is 0 Å². The van der Waals surface area contributed by atoms with Gasteiger partial charge in [-0.1, -0.05) is 31.2 Å². The first-order valence-electron chi connectivity index (χ1n) is 8.43. The number of piperidine rings is 1. The summed E-state index contributed by atoms with van der Waals surface area (Å²) in [6.45, 7) is 3.13. The normalized spacial score (nSPS) is 18.7. The molecular formula is C19H22N2O3S. The van der Waals surface area contributed by atoms with Gasteiger partial charge in [-0.3, -0.25) is 4.79 Å². The van der Waals surface area contributed by atoms with Gasteiger partial charge in [-0.05, 0) is 49.1 Å². The van der Waals surface area contributed by atoms with Gasteiger partial charge in [-0.25, -0.2) is 8.42 Å². The van der Waals surface area contributed by atoms with Crippen LogP contribution in [0.5, 0.6) is 0 Å². The van der Waals surface area contributed by atoms with Crippen molar-refractivity contribution in [1.29, 1.82) is 0 Å². The zero-order chi connectivity index (χ0) is 17.9. The maximum absolute atomic E-state index is 12.9. The number of anilines is 1. The molecule has 1 N–H and O–H groups in total. The van der Waals surface area contributed by atoms with Crippen LogP contribution in [0.25, 0.3) is 0 Å². The summed E-state index contributed by atoms with van der Waals surface area (Å²) in [6, 6.07) is 15.3. The van der Waals surface area contributed by atoms with Crippen LogP contribution in [0.3, 0.4) is 0 Å². The van der Waals surface area contributed by atoms with Crippen LogP contribution >= 0.6 is 0 Å². The number of sulfonamides is 1. The zero-order valence-electron chi connectivity index (χ0n) is 14.2. The SMILES string of the molecule is CC1CCCN(S(=O)(=O)c2cccc(C(=O)Nc3ccccc3)c2)C1. The molecule has 1 unspecified atom stereocenters. The molecule has 0 saturated carbocycles. The number of nitrogens with one attached hydrogen (secondary N) is 1. The van der Waals surface area contributed by atoms with Crippen LogP contribution in [-0.2, 0) is 10.0 Å². The fraction of sp³-hybridized carbons (Fsp3) is 0.316. The minimum absolute atomic E-state index is 0.169. The highest BCUT2D eigenvalue weighted by molar-refractivity contribution is 7.89. The van der Waals surface area contributed by atoms with Crippen LogP contribution in [0.1, 0.15) is 30.1 Å². The largest absolute Gasteiger partial charge is 0.322 e. The minimum atomic E-state index is -3.57. The Hall–Kier alpha value is -2.18. The molecule has 1 aliphatic rings. The van der Waals surface area contributed by atoms with Crippen molar-refractivity contribution in [1.82, 2.24) is 4.31 Å². The lowest BCUT2D eigenvalue weighted by Crippen LogP contribution is -2.39. The number of rotatable bonds is 4. The number of para-hydroxylation sites is 1. The average Bonchev–Trinajstić information content (AvgIpc) is 2.62. The van der Waals surface area contributed by atoms with Gasteiger partial charge >= 0.3 is 0 Å². The molecule has 132 valence electrons. The molecule has 1 aliphatic heterocycles. The fourth-order valence-electron chi connectivity index (χ4n) is 3.04. The van der Waals surface area contributed by atoms with Gasteiger partial charge in [0.15, 0.2) is 0 Å². The van der Waals surface area contributed by atoms with Crippen molar-refractivity contribution in [2.45, 2.75) is 24.7 Å². The Kier molecular flexibility index (Phi) is 5.20. The predicted octanol–water partition coefficient (Wildman–Crippen LogP) is 3.36. The van der Waals surface area contributed by atoms with Crippen LogP contribution in [-0.4, -0.2) is 31.7 Å². The Balaban J connectivity index is 1.82. The molecule has 0 aliphatic carbocycles. The first-order chi connectivity index (χ1) is 12.0. The number of benzene rings is 2. The molecule has 5 nitrogen and oxygen atoms in total. The van der Waals surface area contributed by atoms with E-state index in [1.165, 1.54) is 10.4 Å². The number of nitrogens with zero attached hydrogens (tertiary/aromatic N) is 1. The highest BCUT2D eigenvalue weighted by Crippen LogP contribution is 2.24. The van der Waals surface area contributed by atoms with E-state index < -0.39 is 10.0 Å². The first kappa shape index (κ1) is 17.6. The molecule has 1 heterocycles. The highest BCUT2D eigenvalue weighted by atomic mass is 32.2. The van der Waals surface area contributed by atoms with Crippen molar-refractivity contribution in [3.63, 3.8) is 0 Å². The van der Waals surface area contributed by atoms with Crippen molar-refractivity contribution in [3.05, 3.63) is 60.2 Å². The van der Waals surface area contributed by atoms with Gasteiger partial charge in [0.25, 0.3) is 5.91 Å². The smallest absolute Gasteiger partial charge is 0.255 e. The number of carbonyl (C=O) groups excluding carboxylic acids is 1. The number of amides is 1. The summed E-state index contributed by atoms with van der Waals surface area (Å²) in [6.07, 6.45) is 1.92. The monoisotopic (exact) mass is 358 g/mol. The summed E-state index contributed by atoms with van der Waals surface area (Å²) in [5.41, 5.74) is 1.00. The van der Waals surface area contributed by atoms with Gasteiger partial charge in [0.1, 0.15) is 0 Å². The molecule has 3 rings (SSSR count). The van der Waals surface area contributed by atoms with E-state index in [4.69, 9.17) is 0 Å². The zero-order valence-corrected chi connectivity index (χ0v) is 15.0. The lowest BCUT2D eigenvalue weighted by Gasteiger charge is -2.30. The van der Waals surface area contributed by atoms with Crippen molar-refractivity contribution in [2.24, 2.45) is 5.92 Å². The quantitative estimate of drug-likeness (QED) is 0.911. The average molecular weight is 358 g/mol. The fourth-order valence-corrected chi connectivity index (χ4v) is 4.68. The molecule has 1 atom stereocenters. The highest BCUT2D eigenvalue weighted by Gasteiger charge is 2.29. The molecule has 0 radical (unpaired) electrons. The lowest BCUT2D eigenvalue weighted by molar-refractivity contribution is 0.102. The third-order valence-electron chi connectivity index (χ3n) is 4.39. The first-order valence-corrected chi connectivity index (χ1v) is 9.87. The Morgan fingerprint density at radius 1 is 1.12 bits per heavy atom. The number of hydrogen-bond acceptors (Lipinski definition) is 3. The van der Waals surface area contributed by atoms with E-state index >= 15 is 0 Å². The Morgan fingerprint density at radius 2 is 1.88 bits per heavy atom. The summed E-state index contributed by atoms with van der Waals surface area (Å²) in [5, 5.41) is 2.78. The van der Waals surface area contributed by atoms with Crippen LogP contribution < -0.4 is 5.32 Å². The summed E-state index contributed by atoms with van der Waals surface area (Å²) < 4.78 is 27.2. The molecular weight excluding hydrogens is 336 g/mol. The van der Waals surface area contributed by atoms with Gasteiger partial charge in [0.05, 0.1) is 4.90 Å². The standard InChI is InChI=1S/C19H22N2O3S/c1-15-7-6-12-21(14-15)25(23,24)18-11-5-8-16(13-18)19(22)20-17-9-3-2-4-10-17/h2-5,8-11,13,15H,6-7,12,14H2,1H3,(H,20,22). The van der Waals surface area contributed by atoms with Crippen LogP contribution in [0.2, 0.25) is 0 Å². The van der Waals surface area contributed by atoms with E-state index in [0.29, 0.717) is 30.3 Å². The molecule has 1 fully saturated rings. The summed E-state index contributed by atoms with van der Waals surface area (Å²) >= 11 is 0. The van der Waals surface area contributed by atoms with E-state index in [1.807, 2.05) is 18.2 Å². The molecule has 2 aromatic carbocycles. The van der Waals surface area contributed by atoms with Gasteiger partial charge in [-0.2, -0.15) is 4.31 Å². The van der Waals surface area contributed by atoms with Gasteiger partial charge in [0.2, 0.25) is 10.0 Å². The third kappa shape index (κ3) is 4.08. The topological polar surface area (TPSA) is 66.5 Å². The Morgan fingerprint density at radius 3 is 2.60 bits per heavy atom. The van der Waals surface area contributed by atoms with E-state index in [-0.39, 0.29) is 10.8 Å². The van der Waals surface area contributed by atoms with Crippen molar-refractivity contribution in [2.75, 3.05) is 18.4 Å². The van der Waals surface area contributed by atoms with E-state index in [0.717, 1.165) is 12.8 Å². The van der Waals surface area contributed by atoms with Gasteiger partial charge in [0, 0.05) is 24.3 Å². The van der Waals surface area contributed by atoms with Crippen LogP contribution in [0.4, 0.5) is 5.69 Å². The summed E-state index contributed by atoms with van der Waals surface area (Å²) in [7, 11) is -3.57. The van der Waals surface area contributed by atoms with Gasteiger partial charge in [-0.15, -0.1) is 0 Å². The maximum Gasteiger partial charge on any atom is 0.255 e. The van der Waals surface area contributed by atoms with E-state index in [1.54, 1.807) is 30.3 Å². The third-order valence-corrected chi connectivity index (χ3v) is 6.25. The van der Waals surface area contributed by atoms with Crippen LogP contribution in [0, 0.1) is 5.92 Å². The molecule has 6 heteroatoms. The lowest BCUT2D eigenvalue weighted by atomic mass is 10.0. The summed E-state index contributed by atoms with van der Waals surface area (Å²) in [5.74, 6) is 0.0309. The molecule has 25 heavy (non-hydrogen) atoms. The molecule has 0 spiro atoms. The Bertz CT molecular complexity index is 850. The second kappa shape index (κ2) is 7.37. The van der Waals surface area contributed by atoms with E-state index in [9.17, 15) is 13.2 Å². The van der Waals surface area contributed by atoms with Crippen LogP contribution in [0.15, 0.2) is 59.5 Å². The molecule has 1 saturated heterocycles. The molecule has 0 bridgehead atoms. The number of carbonyl (C=O) groups is 1. The number of hydrogen-bond donors (Lipinski definition) is 1. The second-order valence-corrected chi connectivity index (χ2v) is 8.40. The van der Waals surface area contributed by atoms with E-state index in [2.05, 4.69) is 12.2 Å². The maximum atomic E-state index is 12.9. The van der Waals surface area contributed by atoms with Crippen molar-refractivity contribution < 1.29 is 13.2 Å². The molecule has 2 aromatic rings. The van der Waals surface area contributed by atoms with Crippen molar-refractivity contribution >= 4 is 21.6 Å². The Labute approximate surface area is 148 Å². The van der Waals surface area contributed by atoms with Gasteiger partial charge < -0.3 is 5.32 Å². The predicted molar refractivity (Wildman–Crippen MR) is 98.0 cm³/mol. The summed E-state index contributed by atoms with van der Waals surface area (Å²) in [4.78, 5) is 12.6. The minimum Gasteiger partial charge on any atom is -0.322 e.